The Morgan fingerprint density at radius 1 is 0.812 bits per heavy atom. The highest BCUT2D eigenvalue weighted by Gasteiger charge is 1.90. The second-order valence-electron chi connectivity index (χ2n) is 4.15. The van der Waals surface area contributed by atoms with Gasteiger partial charge in [-0.3, -0.25) is 0 Å². The number of allylic oxidation sites excluding steroid dienone is 4. The third-order valence-electron chi connectivity index (χ3n) is 2.67. The summed E-state index contributed by atoms with van der Waals surface area (Å²) >= 11 is 0. The largest absolute Gasteiger partial charge is 0.193 e. The number of hydrogen-bond donors (Lipinski definition) is 0. The highest BCUT2D eigenvalue weighted by atomic mass is 14.2. The van der Waals surface area contributed by atoms with Crippen LogP contribution in [0, 0.1) is 11.3 Å². The summed E-state index contributed by atoms with van der Waals surface area (Å²) in [7, 11) is 0. The van der Waals surface area contributed by atoms with Crippen molar-refractivity contribution in [3.63, 3.8) is 0 Å². The van der Waals surface area contributed by atoms with Crippen molar-refractivity contribution >= 4 is 0 Å². The van der Waals surface area contributed by atoms with E-state index in [0.717, 1.165) is 6.42 Å². The van der Waals surface area contributed by atoms with Gasteiger partial charge in [0.05, 0.1) is 6.07 Å². The summed E-state index contributed by atoms with van der Waals surface area (Å²) in [6.45, 7) is 2.08. The normalized spacial score (nSPS) is 11.2. The minimum absolute atomic E-state index is 1.06. The Hall–Kier alpha value is -1.03. The van der Waals surface area contributed by atoms with Crippen molar-refractivity contribution in [1.82, 2.24) is 0 Å². The maximum absolute atomic E-state index is 8.29. The Kier molecular flexibility index (Phi) is 13.1. The first-order chi connectivity index (χ1) is 7.91. The fraction of sp³-hybridized carbons (Fsp3) is 0.667. The van der Waals surface area contributed by atoms with Crippen molar-refractivity contribution in [1.29, 1.82) is 5.26 Å². The number of rotatable bonds is 10. The zero-order chi connectivity index (χ0) is 11.9. The van der Waals surface area contributed by atoms with Gasteiger partial charge in [-0.1, -0.05) is 50.3 Å². The Bertz CT molecular complexity index is 220. The zero-order valence-electron chi connectivity index (χ0n) is 10.6. The van der Waals surface area contributed by atoms with Crippen LogP contribution in [0.15, 0.2) is 24.3 Å². The molecule has 0 aliphatic rings. The van der Waals surface area contributed by atoms with Gasteiger partial charge in [0, 0.05) is 6.08 Å². The molecule has 0 heterocycles. The zero-order valence-corrected chi connectivity index (χ0v) is 10.6. The fourth-order valence-corrected chi connectivity index (χ4v) is 1.71. The highest BCUT2D eigenvalue weighted by Crippen LogP contribution is 2.10. The third kappa shape index (κ3) is 13.0. The molecule has 0 saturated heterocycles. The molecule has 0 N–H and O–H groups in total. The van der Waals surface area contributed by atoms with Gasteiger partial charge < -0.3 is 0 Å². The highest BCUT2D eigenvalue weighted by molar-refractivity contribution is 5.01. The minimum Gasteiger partial charge on any atom is -0.193 e. The van der Waals surface area contributed by atoms with Crippen molar-refractivity contribution in [3.05, 3.63) is 24.3 Å². The van der Waals surface area contributed by atoms with Crippen LogP contribution in [0.4, 0.5) is 0 Å². The van der Waals surface area contributed by atoms with Crippen molar-refractivity contribution in [2.24, 2.45) is 0 Å². The summed E-state index contributed by atoms with van der Waals surface area (Å²) in [5.74, 6) is 0. The molecule has 0 rings (SSSR count). The van der Waals surface area contributed by atoms with Crippen LogP contribution >= 0.6 is 0 Å². The average molecular weight is 219 g/mol. The Balaban J connectivity index is 2.99. The van der Waals surface area contributed by atoms with Crippen molar-refractivity contribution < 1.29 is 0 Å². The van der Waals surface area contributed by atoms with Gasteiger partial charge in [-0.15, -0.1) is 0 Å². The Morgan fingerprint density at radius 2 is 1.31 bits per heavy atom. The predicted molar refractivity (Wildman–Crippen MR) is 71.1 cm³/mol. The molecule has 0 aliphatic heterocycles. The van der Waals surface area contributed by atoms with E-state index >= 15 is 0 Å². The summed E-state index contributed by atoms with van der Waals surface area (Å²) < 4.78 is 0. The molecular formula is C15H25N. The van der Waals surface area contributed by atoms with Crippen molar-refractivity contribution in [3.8, 4) is 6.07 Å². The van der Waals surface area contributed by atoms with Gasteiger partial charge in [-0.2, -0.15) is 5.26 Å². The van der Waals surface area contributed by atoms with E-state index in [1.54, 1.807) is 6.08 Å². The van der Waals surface area contributed by atoms with Crippen LogP contribution in [0.1, 0.15) is 64.7 Å². The number of unbranched alkanes of at least 4 members (excludes halogenated alkanes) is 8. The van der Waals surface area contributed by atoms with Crippen LogP contribution in [0.2, 0.25) is 0 Å². The van der Waals surface area contributed by atoms with E-state index in [9.17, 15) is 0 Å². The van der Waals surface area contributed by atoms with Crippen LogP contribution in [0.25, 0.3) is 0 Å². The van der Waals surface area contributed by atoms with Gasteiger partial charge in [-0.25, -0.2) is 0 Å². The number of nitrogens with zero attached hydrogens (tertiary/aromatic N) is 1. The average Bonchev–Trinajstić information content (AvgIpc) is 2.31. The summed E-state index contributed by atoms with van der Waals surface area (Å²) in [6.07, 6.45) is 19.6. The summed E-state index contributed by atoms with van der Waals surface area (Å²) in [6, 6.07) is 2.02. The van der Waals surface area contributed by atoms with E-state index in [0.29, 0.717) is 0 Å². The quantitative estimate of drug-likeness (QED) is 0.283. The first kappa shape index (κ1) is 15.0. The summed E-state index contributed by atoms with van der Waals surface area (Å²) in [5, 5.41) is 8.29. The van der Waals surface area contributed by atoms with E-state index in [2.05, 4.69) is 19.1 Å². The lowest BCUT2D eigenvalue weighted by molar-refractivity contribution is 0.583. The summed E-state index contributed by atoms with van der Waals surface area (Å²) in [5.41, 5.74) is 0. The van der Waals surface area contributed by atoms with Crippen LogP contribution in [-0.4, -0.2) is 0 Å². The Labute approximate surface area is 101 Å². The molecule has 0 aromatic heterocycles. The number of nitriles is 1. The van der Waals surface area contributed by atoms with Crippen LogP contribution in [0.5, 0.6) is 0 Å². The molecule has 0 radical (unpaired) electrons. The van der Waals surface area contributed by atoms with E-state index in [1.807, 2.05) is 12.1 Å². The van der Waals surface area contributed by atoms with Gasteiger partial charge in [-0.05, 0) is 32.6 Å². The monoisotopic (exact) mass is 219 g/mol. The van der Waals surface area contributed by atoms with E-state index < -0.39 is 0 Å². The Morgan fingerprint density at radius 3 is 1.81 bits per heavy atom. The van der Waals surface area contributed by atoms with Gasteiger partial charge in [0.1, 0.15) is 0 Å². The molecule has 0 fully saturated rings. The maximum Gasteiger partial charge on any atom is 0.0908 e. The molecule has 90 valence electrons. The van der Waals surface area contributed by atoms with Gasteiger partial charge in [0.25, 0.3) is 0 Å². The van der Waals surface area contributed by atoms with Gasteiger partial charge in [0.2, 0.25) is 0 Å². The van der Waals surface area contributed by atoms with Crippen LogP contribution in [-0.2, 0) is 0 Å². The van der Waals surface area contributed by atoms with E-state index in [1.165, 1.54) is 51.4 Å². The van der Waals surface area contributed by atoms with E-state index in [4.69, 9.17) is 5.26 Å². The topological polar surface area (TPSA) is 23.8 Å². The molecule has 0 unspecified atom stereocenters. The van der Waals surface area contributed by atoms with Crippen LogP contribution in [0.3, 0.4) is 0 Å². The lowest BCUT2D eigenvalue weighted by atomic mass is 10.1. The second-order valence-corrected chi connectivity index (χ2v) is 4.15. The molecule has 0 atom stereocenters. The number of hydrogen-bond acceptors (Lipinski definition) is 1. The third-order valence-corrected chi connectivity index (χ3v) is 2.67. The first-order valence-electron chi connectivity index (χ1n) is 6.57. The molecule has 0 amide bonds. The molecule has 1 heteroatoms. The van der Waals surface area contributed by atoms with Gasteiger partial charge in [0.15, 0.2) is 0 Å². The smallest absolute Gasteiger partial charge is 0.0908 e. The first-order valence-corrected chi connectivity index (χ1v) is 6.57. The standard InChI is InChI=1S/C15H25N/c1-2-3-4-5-6-7-8-9-10-11-12-13-14-15-16/h2-3,13-14H,4-12H2,1H3. The molecule has 1 nitrogen and oxygen atoms in total. The molecule has 0 bridgehead atoms. The molecule has 16 heavy (non-hydrogen) atoms. The summed E-state index contributed by atoms with van der Waals surface area (Å²) in [4.78, 5) is 0. The lowest BCUT2D eigenvalue weighted by Crippen LogP contribution is -1.80. The second kappa shape index (κ2) is 14.0. The molecule has 0 aliphatic carbocycles. The lowest BCUT2D eigenvalue weighted by Gasteiger charge is -1.99. The molecule has 0 aromatic rings. The molecule has 0 spiro atoms. The maximum atomic E-state index is 8.29. The van der Waals surface area contributed by atoms with Gasteiger partial charge >= 0.3 is 0 Å². The van der Waals surface area contributed by atoms with Crippen molar-refractivity contribution in [2.75, 3.05) is 0 Å². The molecule has 0 saturated carbocycles. The van der Waals surface area contributed by atoms with Crippen molar-refractivity contribution in [2.45, 2.75) is 64.7 Å². The molecular weight excluding hydrogens is 194 g/mol. The minimum atomic E-state index is 1.06. The predicted octanol–water partition coefficient (Wildman–Crippen LogP) is 5.15. The SMILES string of the molecule is CC=CCCCCCCCCCC=CC#N. The fourth-order valence-electron chi connectivity index (χ4n) is 1.71. The van der Waals surface area contributed by atoms with Crippen LogP contribution < -0.4 is 0 Å². The molecule has 0 aromatic carbocycles. The van der Waals surface area contributed by atoms with E-state index in [-0.39, 0.29) is 0 Å².